The topological polar surface area (TPSA) is 23.5 Å². The molecule has 0 aromatic heterocycles. The van der Waals surface area contributed by atoms with Gasteiger partial charge in [-0.05, 0) is 31.1 Å². The van der Waals surface area contributed by atoms with Crippen LogP contribution in [0, 0.1) is 5.41 Å². The zero-order valence-corrected chi connectivity index (χ0v) is 8.21. The van der Waals surface area contributed by atoms with Gasteiger partial charge in [0.2, 0.25) is 0 Å². The van der Waals surface area contributed by atoms with Crippen molar-refractivity contribution in [2.45, 2.75) is 50.7 Å². The average Bonchev–Trinajstić information content (AvgIpc) is 2.82. The maximum absolute atomic E-state index is 9.85. The third-order valence-corrected chi connectivity index (χ3v) is 4.20. The molecule has 13 heavy (non-hydrogen) atoms. The fraction of sp³-hybridized carbons (Fsp3) is 1.00. The van der Waals surface area contributed by atoms with E-state index in [1.807, 2.05) is 0 Å². The Bertz CT molecular complexity index is 204. The molecular weight excluding hydrogens is 162 g/mol. The van der Waals surface area contributed by atoms with Gasteiger partial charge in [-0.1, -0.05) is 12.8 Å². The van der Waals surface area contributed by atoms with Gasteiger partial charge in [-0.3, -0.25) is 4.90 Å². The maximum Gasteiger partial charge on any atom is 0.0695 e. The van der Waals surface area contributed by atoms with E-state index in [0.717, 1.165) is 11.8 Å². The first-order valence-electron chi connectivity index (χ1n) is 5.71. The molecule has 0 bridgehead atoms. The molecule has 0 aromatic rings. The third kappa shape index (κ3) is 1.31. The molecule has 0 amide bonds. The molecule has 0 aromatic carbocycles. The van der Waals surface area contributed by atoms with Crippen LogP contribution in [0.15, 0.2) is 0 Å². The largest absolute Gasteiger partial charge is 0.391 e. The Morgan fingerprint density at radius 2 is 1.77 bits per heavy atom. The SMILES string of the molecule is OC1CCCCC1N1CC2(CC2)C1. The number of rotatable bonds is 1. The van der Waals surface area contributed by atoms with Crippen molar-refractivity contribution in [1.82, 2.24) is 4.90 Å². The van der Waals surface area contributed by atoms with Crippen molar-refractivity contribution in [1.29, 1.82) is 0 Å². The van der Waals surface area contributed by atoms with E-state index >= 15 is 0 Å². The molecule has 2 saturated carbocycles. The van der Waals surface area contributed by atoms with Gasteiger partial charge in [0.1, 0.15) is 0 Å². The van der Waals surface area contributed by atoms with Crippen molar-refractivity contribution in [2.24, 2.45) is 5.41 Å². The minimum absolute atomic E-state index is 0.0233. The van der Waals surface area contributed by atoms with Gasteiger partial charge in [-0.25, -0.2) is 0 Å². The van der Waals surface area contributed by atoms with Crippen LogP contribution in [0.4, 0.5) is 0 Å². The van der Waals surface area contributed by atoms with Crippen LogP contribution in [0.3, 0.4) is 0 Å². The summed E-state index contributed by atoms with van der Waals surface area (Å²) >= 11 is 0. The highest BCUT2D eigenvalue weighted by atomic mass is 16.3. The molecule has 3 fully saturated rings. The fourth-order valence-corrected chi connectivity index (χ4v) is 3.06. The smallest absolute Gasteiger partial charge is 0.0695 e. The minimum atomic E-state index is -0.0233. The molecular formula is C11H19NO. The van der Waals surface area contributed by atoms with Gasteiger partial charge in [0.25, 0.3) is 0 Å². The molecule has 2 aliphatic carbocycles. The van der Waals surface area contributed by atoms with Crippen molar-refractivity contribution < 1.29 is 5.11 Å². The van der Waals surface area contributed by atoms with E-state index in [-0.39, 0.29) is 6.10 Å². The van der Waals surface area contributed by atoms with Crippen LogP contribution in [0.2, 0.25) is 0 Å². The van der Waals surface area contributed by atoms with E-state index < -0.39 is 0 Å². The lowest BCUT2D eigenvalue weighted by Gasteiger charge is -2.48. The molecule has 74 valence electrons. The van der Waals surface area contributed by atoms with Crippen LogP contribution >= 0.6 is 0 Å². The summed E-state index contributed by atoms with van der Waals surface area (Å²) in [5.74, 6) is 0. The summed E-state index contributed by atoms with van der Waals surface area (Å²) in [4.78, 5) is 2.52. The lowest BCUT2D eigenvalue weighted by atomic mass is 9.86. The van der Waals surface area contributed by atoms with Crippen LogP contribution in [0.25, 0.3) is 0 Å². The minimum Gasteiger partial charge on any atom is -0.391 e. The molecule has 0 radical (unpaired) electrons. The van der Waals surface area contributed by atoms with Crippen LogP contribution in [-0.2, 0) is 0 Å². The number of aliphatic hydroxyl groups is 1. The number of hydrogen-bond acceptors (Lipinski definition) is 2. The summed E-state index contributed by atoms with van der Waals surface area (Å²) in [6, 6.07) is 0.514. The maximum atomic E-state index is 9.85. The Hall–Kier alpha value is -0.0800. The quantitative estimate of drug-likeness (QED) is 0.660. The van der Waals surface area contributed by atoms with Gasteiger partial charge in [-0.2, -0.15) is 0 Å². The molecule has 1 heterocycles. The summed E-state index contributed by atoms with van der Waals surface area (Å²) in [5.41, 5.74) is 0.747. The second kappa shape index (κ2) is 2.71. The third-order valence-electron chi connectivity index (χ3n) is 4.20. The molecule has 3 rings (SSSR count). The molecule has 2 atom stereocenters. The van der Waals surface area contributed by atoms with Crippen LogP contribution in [-0.4, -0.2) is 35.2 Å². The molecule has 2 nitrogen and oxygen atoms in total. The van der Waals surface area contributed by atoms with E-state index in [2.05, 4.69) is 4.90 Å². The Morgan fingerprint density at radius 1 is 1.08 bits per heavy atom. The van der Waals surface area contributed by atoms with Gasteiger partial charge in [0.05, 0.1) is 6.10 Å². The summed E-state index contributed by atoms with van der Waals surface area (Å²) in [7, 11) is 0. The standard InChI is InChI=1S/C11H19NO/c13-10-4-2-1-3-9(10)12-7-11(8-12)5-6-11/h9-10,13H,1-8H2. The molecule has 2 unspecified atom stereocenters. The van der Waals surface area contributed by atoms with Crippen molar-refractivity contribution in [3.05, 3.63) is 0 Å². The van der Waals surface area contributed by atoms with Crippen molar-refractivity contribution >= 4 is 0 Å². The Kier molecular flexibility index (Phi) is 1.72. The first-order chi connectivity index (χ1) is 6.29. The molecule has 1 saturated heterocycles. The number of hydrogen-bond donors (Lipinski definition) is 1. The van der Waals surface area contributed by atoms with E-state index in [4.69, 9.17) is 0 Å². The van der Waals surface area contributed by atoms with E-state index in [1.54, 1.807) is 0 Å². The normalized spacial score (nSPS) is 43.2. The molecule has 3 aliphatic rings. The predicted molar refractivity (Wildman–Crippen MR) is 51.5 cm³/mol. The Balaban J connectivity index is 1.58. The lowest BCUT2D eigenvalue weighted by Crippen LogP contribution is -2.57. The molecule has 1 N–H and O–H groups in total. The van der Waals surface area contributed by atoms with Crippen molar-refractivity contribution in [2.75, 3.05) is 13.1 Å². The zero-order chi connectivity index (χ0) is 8.89. The summed E-state index contributed by atoms with van der Waals surface area (Å²) < 4.78 is 0. The van der Waals surface area contributed by atoms with Gasteiger partial charge in [0.15, 0.2) is 0 Å². The van der Waals surface area contributed by atoms with Crippen LogP contribution in [0.5, 0.6) is 0 Å². The Morgan fingerprint density at radius 3 is 2.38 bits per heavy atom. The zero-order valence-electron chi connectivity index (χ0n) is 8.21. The highest BCUT2D eigenvalue weighted by molar-refractivity contribution is 5.07. The van der Waals surface area contributed by atoms with Gasteiger partial charge in [-0.15, -0.1) is 0 Å². The summed E-state index contributed by atoms with van der Waals surface area (Å²) in [6.07, 6.45) is 7.70. The second-order valence-corrected chi connectivity index (χ2v) is 5.32. The van der Waals surface area contributed by atoms with Crippen molar-refractivity contribution in [3.63, 3.8) is 0 Å². The second-order valence-electron chi connectivity index (χ2n) is 5.32. The summed E-state index contributed by atoms with van der Waals surface area (Å²) in [6.45, 7) is 2.57. The van der Waals surface area contributed by atoms with Gasteiger partial charge >= 0.3 is 0 Å². The first kappa shape index (κ1) is 8.25. The van der Waals surface area contributed by atoms with E-state index in [0.29, 0.717) is 6.04 Å². The highest BCUT2D eigenvalue weighted by Gasteiger charge is 2.54. The Labute approximate surface area is 79.9 Å². The molecule has 2 heteroatoms. The fourth-order valence-electron chi connectivity index (χ4n) is 3.06. The number of aliphatic hydroxyl groups excluding tert-OH is 1. The van der Waals surface area contributed by atoms with E-state index in [9.17, 15) is 5.11 Å². The van der Waals surface area contributed by atoms with E-state index in [1.165, 1.54) is 45.2 Å². The lowest BCUT2D eigenvalue weighted by molar-refractivity contribution is -0.0443. The average molecular weight is 181 g/mol. The molecule has 1 spiro atoms. The molecule has 1 aliphatic heterocycles. The summed E-state index contributed by atoms with van der Waals surface area (Å²) in [5, 5.41) is 9.85. The van der Waals surface area contributed by atoms with Gasteiger partial charge in [0, 0.05) is 19.1 Å². The highest BCUT2D eigenvalue weighted by Crippen LogP contribution is 2.54. The monoisotopic (exact) mass is 181 g/mol. The first-order valence-corrected chi connectivity index (χ1v) is 5.71. The number of nitrogens with zero attached hydrogens (tertiary/aromatic N) is 1. The predicted octanol–water partition coefficient (Wildman–Crippen LogP) is 1.39. The van der Waals surface area contributed by atoms with Gasteiger partial charge < -0.3 is 5.11 Å². The van der Waals surface area contributed by atoms with Crippen LogP contribution in [0.1, 0.15) is 38.5 Å². The van der Waals surface area contributed by atoms with Crippen molar-refractivity contribution in [3.8, 4) is 0 Å². The van der Waals surface area contributed by atoms with Crippen LogP contribution < -0.4 is 0 Å². The number of likely N-dealkylation sites (tertiary alicyclic amines) is 1.